The largest absolute Gasteiger partial charge is 0.491 e. The number of aryl methyl sites for hydroxylation is 1. The minimum atomic E-state index is 0.449. The molecule has 0 saturated carbocycles. The number of benzene rings is 1. The SMILES string of the molecule is CN=C(NCCOc1ccccc1C(C)C)NCc1ncc(C)s1. The normalized spacial score (nSPS) is 11.6. The van der Waals surface area contributed by atoms with Crippen molar-refractivity contribution in [1.29, 1.82) is 0 Å². The van der Waals surface area contributed by atoms with E-state index in [0.29, 0.717) is 25.6 Å². The number of nitrogens with zero attached hydrogens (tertiary/aromatic N) is 2. The van der Waals surface area contributed by atoms with E-state index in [4.69, 9.17) is 4.74 Å². The molecule has 24 heavy (non-hydrogen) atoms. The highest BCUT2D eigenvalue weighted by atomic mass is 32.1. The Balaban J connectivity index is 1.74. The van der Waals surface area contributed by atoms with Gasteiger partial charge in [0.15, 0.2) is 5.96 Å². The van der Waals surface area contributed by atoms with Gasteiger partial charge in [-0.15, -0.1) is 11.3 Å². The fourth-order valence-corrected chi connectivity index (χ4v) is 3.01. The van der Waals surface area contributed by atoms with Crippen molar-refractivity contribution in [2.45, 2.75) is 33.2 Å². The molecule has 1 heterocycles. The van der Waals surface area contributed by atoms with Gasteiger partial charge in [0.1, 0.15) is 17.4 Å². The van der Waals surface area contributed by atoms with E-state index in [1.165, 1.54) is 10.4 Å². The molecule has 2 rings (SSSR count). The number of ether oxygens (including phenoxy) is 1. The fourth-order valence-electron chi connectivity index (χ4n) is 2.28. The first kappa shape index (κ1) is 18.3. The summed E-state index contributed by atoms with van der Waals surface area (Å²) in [5.74, 6) is 2.16. The van der Waals surface area contributed by atoms with Gasteiger partial charge in [0.05, 0.1) is 13.1 Å². The molecule has 0 aliphatic heterocycles. The first-order valence-corrected chi connectivity index (χ1v) is 8.99. The van der Waals surface area contributed by atoms with Gasteiger partial charge < -0.3 is 15.4 Å². The Hall–Kier alpha value is -2.08. The molecule has 5 nitrogen and oxygen atoms in total. The average Bonchev–Trinajstić information content (AvgIpc) is 3.00. The molecule has 1 aromatic carbocycles. The second-order valence-electron chi connectivity index (χ2n) is 5.76. The van der Waals surface area contributed by atoms with Crippen LogP contribution in [0.4, 0.5) is 0 Å². The van der Waals surface area contributed by atoms with Gasteiger partial charge in [-0.2, -0.15) is 0 Å². The van der Waals surface area contributed by atoms with Crippen LogP contribution in [0.3, 0.4) is 0 Å². The van der Waals surface area contributed by atoms with Crippen LogP contribution in [-0.2, 0) is 6.54 Å². The summed E-state index contributed by atoms with van der Waals surface area (Å²) in [5.41, 5.74) is 1.24. The predicted molar refractivity (Wildman–Crippen MR) is 101 cm³/mol. The monoisotopic (exact) mass is 346 g/mol. The number of guanidine groups is 1. The van der Waals surface area contributed by atoms with E-state index in [-0.39, 0.29) is 0 Å². The van der Waals surface area contributed by atoms with E-state index in [1.807, 2.05) is 24.4 Å². The molecule has 2 aromatic rings. The molecule has 0 atom stereocenters. The highest BCUT2D eigenvalue weighted by Gasteiger charge is 2.06. The van der Waals surface area contributed by atoms with E-state index in [0.717, 1.165) is 16.7 Å². The van der Waals surface area contributed by atoms with Crippen LogP contribution >= 0.6 is 11.3 Å². The predicted octanol–water partition coefficient (Wildman–Crippen LogP) is 3.32. The standard InChI is InChI=1S/C18H26N4OS/c1-13(2)15-7-5-6-8-16(15)23-10-9-20-18(19-4)22-12-17-21-11-14(3)24-17/h5-8,11,13H,9-10,12H2,1-4H3,(H2,19,20,22). The number of hydrogen-bond donors (Lipinski definition) is 2. The van der Waals surface area contributed by atoms with Crippen molar-refractivity contribution in [3.8, 4) is 5.75 Å². The van der Waals surface area contributed by atoms with Gasteiger partial charge in [-0.25, -0.2) is 4.98 Å². The number of thiazole rings is 1. The van der Waals surface area contributed by atoms with E-state index < -0.39 is 0 Å². The van der Waals surface area contributed by atoms with Gasteiger partial charge in [0.25, 0.3) is 0 Å². The molecule has 0 saturated heterocycles. The lowest BCUT2D eigenvalue weighted by atomic mass is 10.0. The van der Waals surface area contributed by atoms with Crippen molar-refractivity contribution in [3.05, 3.63) is 45.9 Å². The molecule has 0 spiro atoms. The van der Waals surface area contributed by atoms with Crippen molar-refractivity contribution in [3.63, 3.8) is 0 Å². The summed E-state index contributed by atoms with van der Waals surface area (Å²) < 4.78 is 5.90. The maximum atomic E-state index is 5.90. The Morgan fingerprint density at radius 2 is 2.08 bits per heavy atom. The topological polar surface area (TPSA) is 58.5 Å². The fraction of sp³-hybridized carbons (Fsp3) is 0.444. The van der Waals surface area contributed by atoms with Crippen LogP contribution < -0.4 is 15.4 Å². The Labute approximate surface area is 148 Å². The molecule has 0 amide bonds. The molecule has 1 aromatic heterocycles. The van der Waals surface area contributed by atoms with Crippen LogP contribution in [0.2, 0.25) is 0 Å². The van der Waals surface area contributed by atoms with Crippen molar-refractivity contribution in [2.24, 2.45) is 4.99 Å². The molecule has 6 heteroatoms. The van der Waals surface area contributed by atoms with Crippen LogP contribution in [0.5, 0.6) is 5.75 Å². The third-order valence-electron chi connectivity index (χ3n) is 3.49. The number of rotatable bonds is 7. The Morgan fingerprint density at radius 3 is 2.75 bits per heavy atom. The average molecular weight is 347 g/mol. The van der Waals surface area contributed by atoms with Crippen LogP contribution in [-0.4, -0.2) is 31.1 Å². The lowest BCUT2D eigenvalue weighted by Crippen LogP contribution is -2.38. The quantitative estimate of drug-likeness (QED) is 0.459. The summed E-state index contributed by atoms with van der Waals surface area (Å²) in [6, 6.07) is 8.19. The van der Waals surface area contributed by atoms with Gasteiger partial charge in [-0.3, -0.25) is 4.99 Å². The highest BCUT2D eigenvalue weighted by Crippen LogP contribution is 2.25. The molecule has 0 aliphatic carbocycles. The second-order valence-corrected chi connectivity index (χ2v) is 7.08. The third-order valence-corrected chi connectivity index (χ3v) is 4.41. The number of aromatic nitrogens is 1. The number of aliphatic imine (C=N–C) groups is 1. The van der Waals surface area contributed by atoms with Gasteiger partial charge in [-0.05, 0) is 24.5 Å². The minimum absolute atomic E-state index is 0.449. The summed E-state index contributed by atoms with van der Waals surface area (Å²) in [4.78, 5) is 9.76. The molecule has 0 aliphatic rings. The molecular weight excluding hydrogens is 320 g/mol. The summed E-state index contributed by atoms with van der Waals surface area (Å²) in [6.07, 6.45) is 1.89. The van der Waals surface area contributed by atoms with Crippen molar-refractivity contribution >= 4 is 17.3 Å². The van der Waals surface area contributed by atoms with Crippen molar-refractivity contribution in [2.75, 3.05) is 20.2 Å². The van der Waals surface area contributed by atoms with E-state index in [2.05, 4.69) is 47.4 Å². The maximum absolute atomic E-state index is 5.90. The van der Waals surface area contributed by atoms with Gasteiger partial charge >= 0.3 is 0 Å². The zero-order chi connectivity index (χ0) is 17.4. The van der Waals surface area contributed by atoms with Crippen LogP contribution in [0, 0.1) is 6.92 Å². The zero-order valence-electron chi connectivity index (χ0n) is 14.8. The van der Waals surface area contributed by atoms with E-state index in [1.54, 1.807) is 18.4 Å². The van der Waals surface area contributed by atoms with Crippen molar-refractivity contribution < 1.29 is 4.74 Å². The molecule has 2 N–H and O–H groups in total. The van der Waals surface area contributed by atoms with Gasteiger partial charge in [-0.1, -0.05) is 32.0 Å². The zero-order valence-corrected chi connectivity index (χ0v) is 15.6. The first-order valence-electron chi connectivity index (χ1n) is 8.17. The van der Waals surface area contributed by atoms with Crippen LogP contribution in [0.15, 0.2) is 35.5 Å². The lowest BCUT2D eigenvalue weighted by Gasteiger charge is -2.15. The Kier molecular flexibility index (Phi) is 7.06. The smallest absolute Gasteiger partial charge is 0.191 e. The summed E-state index contributed by atoms with van der Waals surface area (Å²) in [6.45, 7) is 8.35. The van der Waals surface area contributed by atoms with Crippen LogP contribution in [0.1, 0.15) is 35.2 Å². The van der Waals surface area contributed by atoms with Gasteiger partial charge in [0, 0.05) is 18.1 Å². The molecule has 0 bridgehead atoms. The summed E-state index contributed by atoms with van der Waals surface area (Å²) in [7, 11) is 1.76. The second kappa shape index (κ2) is 9.27. The number of para-hydroxylation sites is 1. The number of hydrogen-bond acceptors (Lipinski definition) is 4. The van der Waals surface area contributed by atoms with E-state index >= 15 is 0 Å². The minimum Gasteiger partial charge on any atom is -0.491 e. The molecule has 0 radical (unpaired) electrons. The molecule has 0 fully saturated rings. The van der Waals surface area contributed by atoms with Crippen LogP contribution in [0.25, 0.3) is 0 Å². The first-order chi connectivity index (χ1) is 11.6. The Bertz CT molecular complexity index is 667. The van der Waals surface area contributed by atoms with E-state index in [9.17, 15) is 0 Å². The number of nitrogens with one attached hydrogen (secondary N) is 2. The molecule has 0 unspecified atom stereocenters. The molecular formula is C18H26N4OS. The maximum Gasteiger partial charge on any atom is 0.191 e. The summed E-state index contributed by atoms with van der Waals surface area (Å²) >= 11 is 1.69. The van der Waals surface area contributed by atoms with Gasteiger partial charge in [0.2, 0.25) is 0 Å². The lowest BCUT2D eigenvalue weighted by molar-refractivity contribution is 0.317. The third kappa shape index (κ3) is 5.53. The molecule has 130 valence electrons. The Morgan fingerprint density at radius 1 is 1.29 bits per heavy atom. The highest BCUT2D eigenvalue weighted by molar-refractivity contribution is 7.11. The van der Waals surface area contributed by atoms with Crippen molar-refractivity contribution in [1.82, 2.24) is 15.6 Å². The summed E-state index contributed by atoms with van der Waals surface area (Å²) in [5, 5.41) is 7.57.